The van der Waals surface area contributed by atoms with Gasteiger partial charge in [0.1, 0.15) is 11.5 Å². The van der Waals surface area contributed by atoms with E-state index in [-0.39, 0.29) is 11.9 Å². The summed E-state index contributed by atoms with van der Waals surface area (Å²) >= 11 is 0. The van der Waals surface area contributed by atoms with Crippen LogP contribution in [0.15, 0.2) is 91.1 Å². The van der Waals surface area contributed by atoms with Gasteiger partial charge in [0.25, 0.3) is 5.91 Å². The zero-order valence-corrected chi connectivity index (χ0v) is 19.5. The molecule has 0 fully saturated rings. The van der Waals surface area contributed by atoms with Gasteiger partial charge in [-0.05, 0) is 41.7 Å². The van der Waals surface area contributed by atoms with Gasteiger partial charge in [-0.1, -0.05) is 79.7 Å². The minimum absolute atomic E-state index is 0.144. The topological polar surface area (TPSA) is 62.7 Å². The Hall–Kier alpha value is -4.12. The van der Waals surface area contributed by atoms with E-state index in [2.05, 4.69) is 58.2 Å². The second kappa shape index (κ2) is 9.40. The highest BCUT2D eigenvalue weighted by Crippen LogP contribution is 2.26. The fourth-order valence-corrected chi connectivity index (χ4v) is 4.42. The molecule has 2 heterocycles. The highest BCUT2D eigenvalue weighted by molar-refractivity contribution is 5.98. The van der Waals surface area contributed by atoms with Crippen molar-refractivity contribution in [3.63, 3.8) is 0 Å². The standard InChI is InChI=1S/C29H28N4O/c1-3-20-13-15-22(16-14-20)27-19-30-28(33(27)2)25(17-21-9-5-4-6-10-21)32-29(34)26-18-23-11-7-8-12-24(23)31-26/h4-16,18-19,25,31H,3,17H2,1-2H3,(H,32,34)/t25-/m0/s1. The Morgan fingerprint density at radius 3 is 2.44 bits per heavy atom. The fourth-order valence-electron chi connectivity index (χ4n) is 4.42. The van der Waals surface area contributed by atoms with Crippen LogP contribution in [0.5, 0.6) is 0 Å². The van der Waals surface area contributed by atoms with Gasteiger partial charge < -0.3 is 14.9 Å². The van der Waals surface area contributed by atoms with Crippen LogP contribution in [-0.4, -0.2) is 20.4 Å². The number of hydrogen-bond acceptors (Lipinski definition) is 2. The summed E-state index contributed by atoms with van der Waals surface area (Å²) in [7, 11) is 2.01. The maximum absolute atomic E-state index is 13.3. The van der Waals surface area contributed by atoms with Crippen LogP contribution in [0.2, 0.25) is 0 Å². The molecular weight excluding hydrogens is 420 g/mol. The number of nitrogens with zero attached hydrogens (tertiary/aromatic N) is 2. The summed E-state index contributed by atoms with van der Waals surface area (Å²) in [4.78, 5) is 21.3. The van der Waals surface area contributed by atoms with Crippen molar-refractivity contribution in [2.75, 3.05) is 0 Å². The largest absolute Gasteiger partial charge is 0.351 e. The van der Waals surface area contributed by atoms with Crippen LogP contribution in [0.1, 0.15) is 40.4 Å². The zero-order valence-electron chi connectivity index (χ0n) is 19.5. The molecule has 0 aliphatic rings. The van der Waals surface area contributed by atoms with Crippen LogP contribution in [0.3, 0.4) is 0 Å². The Morgan fingerprint density at radius 1 is 0.971 bits per heavy atom. The molecule has 2 aromatic heterocycles. The number of H-pyrrole nitrogens is 1. The van der Waals surface area contributed by atoms with E-state index < -0.39 is 0 Å². The van der Waals surface area contributed by atoms with E-state index in [1.54, 1.807) is 0 Å². The number of para-hydroxylation sites is 1. The first kappa shape index (κ1) is 21.7. The molecule has 2 N–H and O–H groups in total. The minimum Gasteiger partial charge on any atom is -0.351 e. The van der Waals surface area contributed by atoms with Crippen LogP contribution < -0.4 is 5.32 Å². The second-order valence-electron chi connectivity index (χ2n) is 8.60. The third kappa shape index (κ3) is 4.37. The third-order valence-electron chi connectivity index (χ3n) is 6.36. The predicted octanol–water partition coefficient (Wildman–Crippen LogP) is 5.84. The number of carbonyl (C=O) groups excluding carboxylic acids is 1. The Balaban J connectivity index is 1.47. The van der Waals surface area contributed by atoms with Crippen molar-refractivity contribution in [2.24, 2.45) is 7.05 Å². The SMILES string of the molecule is CCc1ccc(-c2cnc([C@H](Cc3ccccc3)NC(=O)c3cc4ccccc4[nH]3)n2C)cc1. The molecule has 3 aromatic carbocycles. The van der Waals surface area contributed by atoms with Gasteiger partial charge in [0.15, 0.2) is 0 Å². The Kier molecular flexibility index (Phi) is 6.00. The van der Waals surface area contributed by atoms with Gasteiger partial charge in [0, 0.05) is 18.0 Å². The van der Waals surface area contributed by atoms with Gasteiger partial charge >= 0.3 is 0 Å². The van der Waals surface area contributed by atoms with E-state index in [1.165, 1.54) is 5.56 Å². The first-order valence-corrected chi connectivity index (χ1v) is 11.7. The molecule has 1 amide bonds. The quantitative estimate of drug-likeness (QED) is 0.328. The van der Waals surface area contributed by atoms with E-state index >= 15 is 0 Å². The van der Waals surface area contributed by atoms with Crippen molar-refractivity contribution in [3.05, 3.63) is 114 Å². The lowest BCUT2D eigenvalue weighted by atomic mass is 10.0. The van der Waals surface area contributed by atoms with Crippen LogP contribution in [0.4, 0.5) is 0 Å². The number of aromatic nitrogens is 3. The molecule has 5 heteroatoms. The number of nitrogens with one attached hydrogen (secondary N) is 2. The van der Waals surface area contributed by atoms with Crippen molar-refractivity contribution in [3.8, 4) is 11.3 Å². The summed E-state index contributed by atoms with van der Waals surface area (Å²) in [5.41, 5.74) is 6.07. The summed E-state index contributed by atoms with van der Waals surface area (Å²) in [5.74, 6) is 0.678. The summed E-state index contributed by atoms with van der Waals surface area (Å²) in [5, 5.41) is 4.25. The lowest BCUT2D eigenvalue weighted by molar-refractivity contribution is 0.0930. The smallest absolute Gasteiger partial charge is 0.268 e. The minimum atomic E-state index is -0.282. The average Bonchev–Trinajstić information content (AvgIpc) is 3.48. The molecule has 5 nitrogen and oxygen atoms in total. The van der Waals surface area contributed by atoms with Crippen LogP contribution in [0.25, 0.3) is 22.2 Å². The summed E-state index contributed by atoms with van der Waals surface area (Å²) < 4.78 is 2.08. The highest BCUT2D eigenvalue weighted by atomic mass is 16.2. The summed E-state index contributed by atoms with van der Waals surface area (Å²) in [6.45, 7) is 2.15. The molecule has 0 saturated carbocycles. The molecule has 1 atom stereocenters. The molecule has 34 heavy (non-hydrogen) atoms. The molecule has 0 spiro atoms. The van der Waals surface area contributed by atoms with E-state index in [1.807, 2.05) is 61.8 Å². The van der Waals surface area contributed by atoms with E-state index in [0.717, 1.165) is 40.0 Å². The lowest BCUT2D eigenvalue weighted by Crippen LogP contribution is -2.32. The van der Waals surface area contributed by atoms with Crippen molar-refractivity contribution >= 4 is 16.8 Å². The Labute approximate surface area is 199 Å². The van der Waals surface area contributed by atoms with Crippen molar-refractivity contribution in [1.82, 2.24) is 19.9 Å². The number of carbonyl (C=O) groups is 1. The first-order valence-electron chi connectivity index (χ1n) is 11.7. The molecule has 170 valence electrons. The molecule has 0 radical (unpaired) electrons. The fraction of sp³-hybridized carbons (Fsp3) is 0.172. The number of rotatable bonds is 7. The summed E-state index contributed by atoms with van der Waals surface area (Å²) in [6, 6.07) is 28.3. The van der Waals surface area contributed by atoms with Gasteiger partial charge in [-0.25, -0.2) is 4.98 Å². The number of benzene rings is 3. The number of amides is 1. The second-order valence-corrected chi connectivity index (χ2v) is 8.60. The number of aromatic amines is 1. The molecular formula is C29H28N4O. The van der Waals surface area contributed by atoms with Gasteiger partial charge in [-0.3, -0.25) is 4.79 Å². The Bertz CT molecular complexity index is 1380. The van der Waals surface area contributed by atoms with E-state index in [0.29, 0.717) is 12.1 Å². The highest BCUT2D eigenvalue weighted by Gasteiger charge is 2.23. The number of aryl methyl sites for hydroxylation is 1. The van der Waals surface area contributed by atoms with Crippen LogP contribution in [-0.2, 0) is 19.9 Å². The van der Waals surface area contributed by atoms with Crippen LogP contribution >= 0.6 is 0 Å². The average molecular weight is 449 g/mol. The first-order chi connectivity index (χ1) is 16.6. The van der Waals surface area contributed by atoms with Crippen molar-refractivity contribution < 1.29 is 4.79 Å². The monoisotopic (exact) mass is 448 g/mol. The summed E-state index contributed by atoms with van der Waals surface area (Å²) in [6.07, 6.45) is 3.55. The van der Waals surface area contributed by atoms with Gasteiger partial charge in [-0.2, -0.15) is 0 Å². The van der Waals surface area contributed by atoms with E-state index in [4.69, 9.17) is 4.98 Å². The zero-order chi connectivity index (χ0) is 23.5. The lowest BCUT2D eigenvalue weighted by Gasteiger charge is -2.19. The Morgan fingerprint density at radius 2 is 1.71 bits per heavy atom. The maximum Gasteiger partial charge on any atom is 0.268 e. The molecule has 0 unspecified atom stereocenters. The van der Waals surface area contributed by atoms with Crippen LogP contribution in [0, 0.1) is 0 Å². The molecule has 0 aliphatic carbocycles. The predicted molar refractivity (Wildman–Crippen MR) is 137 cm³/mol. The maximum atomic E-state index is 13.3. The molecule has 5 rings (SSSR count). The number of imidazole rings is 1. The van der Waals surface area contributed by atoms with Gasteiger partial charge in [0.05, 0.1) is 17.9 Å². The number of hydrogen-bond donors (Lipinski definition) is 2. The molecule has 0 aliphatic heterocycles. The molecule has 0 saturated heterocycles. The molecule has 0 bridgehead atoms. The van der Waals surface area contributed by atoms with Crippen molar-refractivity contribution in [2.45, 2.75) is 25.8 Å². The molecule has 5 aromatic rings. The van der Waals surface area contributed by atoms with E-state index in [9.17, 15) is 4.79 Å². The van der Waals surface area contributed by atoms with Gasteiger partial charge in [-0.15, -0.1) is 0 Å². The third-order valence-corrected chi connectivity index (χ3v) is 6.36. The number of fused-ring (bicyclic) bond motifs is 1. The van der Waals surface area contributed by atoms with Gasteiger partial charge in [0.2, 0.25) is 0 Å². The normalized spacial score (nSPS) is 12.1. The van der Waals surface area contributed by atoms with Crippen molar-refractivity contribution in [1.29, 1.82) is 0 Å².